The van der Waals surface area contributed by atoms with Crippen LogP contribution in [0.3, 0.4) is 0 Å². The van der Waals surface area contributed by atoms with E-state index in [0.717, 1.165) is 17.0 Å². The highest BCUT2D eigenvalue weighted by atomic mass is 16.5. The normalized spacial score (nSPS) is 10.2. The number of hydrogen-bond acceptors (Lipinski definition) is 3. The Morgan fingerprint density at radius 2 is 2.11 bits per heavy atom. The van der Waals surface area contributed by atoms with Gasteiger partial charge in [-0.25, -0.2) is 0 Å². The summed E-state index contributed by atoms with van der Waals surface area (Å²) in [4.78, 5) is 0. The number of aromatic nitrogens is 1. The second kappa shape index (κ2) is 5.49. The van der Waals surface area contributed by atoms with Gasteiger partial charge in [-0.15, -0.1) is 0 Å². The van der Waals surface area contributed by atoms with Crippen molar-refractivity contribution in [3.63, 3.8) is 0 Å². The summed E-state index contributed by atoms with van der Waals surface area (Å²) in [7, 11) is 0. The molecule has 1 aromatic heterocycles. The summed E-state index contributed by atoms with van der Waals surface area (Å²) in [5, 5.41) is 9.04. The van der Waals surface area contributed by atoms with Crippen LogP contribution in [-0.4, -0.2) is 11.2 Å². The highest BCUT2D eigenvalue weighted by Gasteiger charge is 2.08. The van der Waals surface area contributed by atoms with Gasteiger partial charge in [0.25, 0.3) is 0 Å². The van der Waals surface area contributed by atoms with Gasteiger partial charge < -0.3 is 15.0 Å². The zero-order chi connectivity index (χ0) is 13.8. The van der Waals surface area contributed by atoms with Gasteiger partial charge in [0.15, 0.2) is 0 Å². The Labute approximate surface area is 113 Å². The lowest BCUT2D eigenvalue weighted by Gasteiger charge is -2.10. The Kier molecular flexibility index (Phi) is 3.76. The van der Waals surface area contributed by atoms with Gasteiger partial charge in [-0.3, -0.25) is 0 Å². The summed E-state index contributed by atoms with van der Waals surface area (Å²) in [6.45, 7) is 5.05. The summed E-state index contributed by atoms with van der Waals surface area (Å²) in [6.07, 6.45) is 0. The minimum atomic E-state index is 0.507. The van der Waals surface area contributed by atoms with Crippen molar-refractivity contribution in [3.05, 3.63) is 47.3 Å². The van der Waals surface area contributed by atoms with Crippen molar-refractivity contribution >= 4 is 5.69 Å². The van der Waals surface area contributed by atoms with E-state index in [1.54, 1.807) is 6.07 Å². The number of nitrogen functional groups attached to an aromatic ring is 1. The molecule has 2 N–H and O–H groups in total. The van der Waals surface area contributed by atoms with Gasteiger partial charge in [-0.2, -0.15) is 5.26 Å². The predicted molar refractivity (Wildman–Crippen MR) is 75.0 cm³/mol. The molecule has 2 rings (SSSR count). The summed E-state index contributed by atoms with van der Waals surface area (Å²) >= 11 is 0. The lowest BCUT2D eigenvalue weighted by Crippen LogP contribution is -2.11. The second-order valence-electron chi connectivity index (χ2n) is 4.50. The highest BCUT2D eigenvalue weighted by Crippen LogP contribution is 2.17. The second-order valence-corrected chi connectivity index (χ2v) is 4.50. The average Bonchev–Trinajstić information content (AvgIpc) is 2.66. The van der Waals surface area contributed by atoms with Crippen LogP contribution in [-0.2, 0) is 6.54 Å². The first-order valence-corrected chi connectivity index (χ1v) is 6.17. The van der Waals surface area contributed by atoms with E-state index in [0.29, 0.717) is 24.5 Å². The van der Waals surface area contributed by atoms with E-state index in [9.17, 15) is 0 Å². The first-order valence-electron chi connectivity index (χ1n) is 6.17. The van der Waals surface area contributed by atoms with E-state index in [4.69, 9.17) is 15.7 Å². The maximum absolute atomic E-state index is 9.04. The van der Waals surface area contributed by atoms with E-state index in [1.165, 1.54) is 0 Å². The number of rotatable bonds is 4. The maximum atomic E-state index is 9.04. The Balaban J connectivity index is 2.02. The van der Waals surface area contributed by atoms with Crippen LogP contribution in [0.5, 0.6) is 5.75 Å². The van der Waals surface area contributed by atoms with Crippen LogP contribution in [0, 0.1) is 25.2 Å². The average molecular weight is 255 g/mol. The molecule has 0 aliphatic rings. The number of aryl methyl sites for hydroxylation is 1. The molecular formula is C15H17N3O. The largest absolute Gasteiger partial charge is 0.492 e. The molecular weight excluding hydrogens is 238 g/mol. The molecule has 0 bridgehead atoms. The first kappa shape index (κ1) is 13.0. The fourth-order valence-electron chi connectivity index (χ4n) is 2.01. The van der Waals surface area contributed by atoms with E-state index in [1.807, 2.05) is 42.7 Å². The van der Waals surface area contributed by atoms with Crippen LogP contribution >= 0.6 is 0 Å². The number of nitriles is 1. The van der Waals surface area contributed by atoms with Crippen molar-refractivity contribution in [2.75, 3.05) is 12.3 Å². The van der Waals surface area contributed by atoms with Crippen LogP contribution < -0.4 is 10.5 Å². The molecule has 0 saturated carbocycles. The van der Waals surface area contributed by atoms with Gasteiger partial charge in [0.05, 0.1) is 12.2 Å². The van der Waals surface area contributed by atoms with Crippen molar-refractivity contribution in [1.29, 1.82) is 5.26 Å². The van der Waals surface area contributed by atoms with E-state index in [2.05, 4.69) is 6.07 Å². The molecule has 4 nitrogen and oxygen atoms in total. The number of hydrogen-bond donors (Lipinski definition) is 1. The summed E-state index contributed by atoms with van der Waals surface area (Å²) in [5.74, 6) is 0.844. The molecule has 19 heavy (non-hydrogen) atoms. The van der Waals surface area contributed by atoms with E-state index >= 15 is 0 Å². The molecule has 0 atom stereocenters. The van der Waals surface area contributed by atoms with Crippen molar-refractivity contribution in [3.8, 4) is 11.8 Å². The molecule has 0 spiro atoms. The number of benzene rings is 1. The molecule has 0 aliphatic heterocycles. The first-order chi connectivity index (χ1) is 9.11. The summed E-state index contributed by atoms with van der Waals surface area (Å²) in [6, 6.07) is 11.7. The quantitative estimate of drug-likeness (QED) is 0.913. The molecule has 2 aromatic rings. The van der Waals surface area contributed by atoms with Gasteiger partial charge >= 0.3 is 0 Å². The third-order valence-electron chi connectivity index (χ3n) is 3.09. The predicted octanol–water partition coefficient (Wildman–Crippen LogP) is 2.64. The van der Waals surface area contributed by atoms with Gasteiger partial charge in [0.1, 0.15) is 24.1 Å². The third kappa shape index (κ3) is 2.89. The SMILES string of the molecule is Cc1cccc(OCCn2c(C#N)cc(N)c2C)c1. The van der Waals surface area contributed by atoms with E-state index in [-0.39, 0.29) is 0 Å². The van der Waals surface area contributed by atoms with Crippen LogP contribution in [0.25, 0.3) is 0 Å². The third-order valence-corrected chi connectivity index (χ3v) is 3.09. The molecule has 0 aliphatic carbocycles. The molecule has 1 aromatic carbocycles. The van der Waals surface area contributed by atoms with Gasteiger partial charge in [-0.05, 0) is 37.6 Å². The summed E-state index contributed by atoms with van der Waals surface area (Å²) in [5.41, 5.74) is 9.09. The number of anilines is 1. The molecule has 0 fully saturated rings. The molecule has 0 radical (unpaired) electrons. The van der Waals surface area contributed by atoms with Crippen LogP contribution in [0.1, 0.15) is 17.0 Å². The highest BCUT2D eigenvalue weighted by molar-refractivity contribution is 5.49. The smallest absolute Gasteiger partial charge is 0.122 e. The van der Waals surface area contributed by atoms with Crippen LogP contribution in [0.15, 0.2) is 30.3 Å². The Bertz CT molecular complexity index is 623. The summed E-state index contributed by atoms with van der Waals surface area (Å²) < 4.78 is 7.56. The molecule has 0 amide bonds. The maximum Gasteiger partial charge on any atom is 0.122 e. The van der Waals surface area contributed by atoms with Crippen molar-refractivity contribution in [1.82, 2.24) is 4.57 Å². The minimum absolute atomic E-state index is 0.507. The fraction of sp³-hybridized carbons (Fsp3) is 0.267. The molecule has 4 heteroatoms. The lowest BCUT2D eigenvalue weighted by molar-refractivity contribution is 0.297. The van der Waals surface area contributed by atoms with Gasteiger partial charge in [0, 0.05) is 5.69 Å². The van der Waals surface area contributed by atoms with Crippen LogP contribution in [0.4, 0.5) is 5.69 Å². The Morgan fingerprint density at radius 3 is 2.79 bits per heavy atom. The number of ether oxygens (including phenoxy) is 1. The van der Waals surface area contributed by atoms with Gasteiger partial charge in [-0.1, -0.05) is 12.1 Å². The number of nitrogens with zero attached hydrogens (tertiary/aromatic N) is 2. The Morgan fingerprint density at radius 1 is 1.32 bits per heavy atom. The zero-order valence-electron chi connectivity index (χ0n) is 11.2. The monoisotopic (exact) mass is 255 g/mol. The number of nitrogens with two attached hydrogens (primary N) is 1. The molecule has 1 heterocycles. The lowest BCUT2D eigenvalue weighted by atomic mass is 10.2. The minimum Gasteiger partial charge on any atom is -0.492 e. The molecule has 98 valence electrons. The fourth-order valence-corrected chi connectivity index (χ4v) is 2.01. The topological polar surface area (TPSA) is 64.0 Å². The van der Waals surface area contributed by atoms with Crippen molar-refractivity contribution in [2.45, 2.75) is 20.4 Å². The van der Waals surface area contributed by atoms with Crippen LogP contribution in [0.2, 0.25) is 0 Å². The standard InChI is InChI=1S/C15H17N3O/c1-11-4-3-5-14(8-11)19-7-6-18-12(2)15(17)9-13(18)10-16/h3-5,8-9H,6-7,17H2,1-2H3. The molecule has 0 unspecified atom stereocenters. The van der Waals surface area contributed by atoms with Crippen molar-refractivity contribution < 1.29 is 4.74 Å². The molecule has 0 saturated heterocycles. The Hall–Kier alpha value is -2.41. The van der Waals surface area contributed by atoms with Gasteiger partial charge in [0.2, 0.25) is 0 Å². The van der Waals surface area contributed by atoms with Crippen molar-refractivity contribution in [2.24, 2.45) is 0 Å². The zero-order valence-corrected chi connectivity index (χ0v) is 11.2. The van der Waals surface area contributed by atoms with E-state index < -0.39 is 0 Å².